The van der Waals surface area contributed by atoms with Gasteiger partial charge in [-0.05, 0) is 19.0 Å². The number of carbonyl (C=O) groups is 1. The van der Waals surface area contributed by atoms with Crippen molar-refractivity contribution >= 4 is 17.3 Å². The van der Waals surface area contributed by atoms with Crippen LogP contribution in [0, 0.1) is 27.4 Å². The van der Waals surface area contributed by atoms with Crippen LogP contribution in [0.1, 0.15) is 12.0 Å². The third-order valence-corrected chi connectivity index (χ3v) is 3.02. The average Bonchev–Trinajstić information content (AvgIpc) is 2.92. The van der Waals surface area contributed by atoms with E-state index >= 15 is 0 Å². The fraction of sp³-hybridized carbons (Fsp3) is 0.333. The Hall–Kier alpha value is -2.46. The summed E-state index contributed by atoms with van der Waals surface area (Å²) in [7, 11) is 0. The smallest absolute Gasteiger partial charge is 0.270 e. The number of amides is 1. The zero-order valence-corrected chi connectivity index (χ0v) is 10.0. The Bertz CT molecular complexity index is 559. The van der Waals surface area contributed by atoms with E-state index in [-0.39, 0.29) is 23.1 Å². The van der Waals surface area contributed by atoms with E-state index in [1.165, 1.54) is 12.1 Å². The molecule has 7 nitrogen and oxygen atoms in total. The largest absolute Gasteiger partial charge is 0.325 e. The maximum atomic E-state index is 11.9. The summed E-state index contributed by atoms with van der Waals surface area (Å²) in [6.45, 7) is 1.41. The molecule has 0 saturated carbocycles. The summed E-state index contributed by atoms with van der Waals surface area (Å²) in [6.07, 6.45) is 0.751. The zero-order valence-electron chi connectivity index (χ0n) is 10.0. The van der Waals surface area contributed by atoms with Crippen molar-refractivity contribution in [3.8, 4) is 6.07 Å². The van der Waals surface area contributed by atoms with Gasteiger partial charge >= 0.3 is 0 Å². The second kappa shape index (κ2) is 5.46. The SMILES string of the molecule is N#Cc1cc([N+](=O)[O-])ccc1NC(=O)C1CCNC1. The zero-order chi connectivity index (χ0) is 13.8. The Morgan fingerprint density at radius 2 is 2.37 bits per heavy atom. The quantitative estimate of drug-likeness (QED) is 0.623. The number of hydrogen-bond acceptors (Lipinski definition) is 5. The van der Waals surface area contributed by atoms with Crippen molar-refractivity contribution in [2.75, 3.05) is 18.4 Å². The Morgan fingerprint density at radius 1 is 1.58 bits per heavy atom. The monoisotopic (exact) mass is 260 g/mol. The van der Waals surface area contributed by atoms with Gasteiger partial charge < -0.3 is 10.6 Å². The maximum absolute atomic E-state index is 11.9. The highest BCUT2D eigenvalue weighted by molar-refractivity contribution is 5.94. The lowest BCUT2D eigenvalue weighted by atomic mass is 10.1. The molecule has 1 aliphatic heterocycles. The van der Waals surface area contributed by atoms with Gasteiger partial charge in [-0.2, -0.15) is 5.26 Å². The second-order valence-electron chi connectivity index (χ2n) is 4.28. The number of nitro benzene ring substituents is 1. The fourth-order valence-electron chi connectivity index (χ4n) is 1.96. The first-order valence-corrected chi connectivity index (χ1v) is 5.82. The number of nitro groups is 1. The van der Waals surface area contributed by atoms with Gasteiger partial charge in [-0.15, -0.1) is 0 Å². The van der Waals surface area contributed by atoms with Gasteiger partial charge in [0.15, 0.2) is 0 Å². The van der Waals surface area contributed by atoms with Crippen molar-refractivity contribution in [3.05, 3.63) is 33.9 Å². The molecule has 7 heteroatoms. The van der Waals surface area contributed by atoms with Crippen molar-refractivity contribution in [3.63, 3.8) is 0 Å². The molecule has 1 heterocycles. The van der Waals surface area contributed by atoms with Gasteiger partial charge in [0.25, 0.3) is 5.69 Å². The van der Waals surface area contributed by atoms with E-state index in [0.29, 0.717) is 12.2 Å². The summed E-state index contributed by atoms with van der Waals surface area (Å²) in [5.74, 6) is -0.294. The van der Waals surface area contributed by atoms with E-state index in [1.807, 2.05) is 6.07 Å². The van der Waals surface area contributed by atoms with Gasteiger partial charge in [0.05, 0.1) is 22.1 Å². The minimum absolute atomic E-state index is 0.0912. The first kappa shape index (κ1) is 13.0. The molecule has 2 rings (SSSR count). The van der Waals surface area contributed by atoms with Crippen LogP contribution in [0.15, 0.2) is 18.2 Å². The van der Waals surface area contributed by atoms with Crippen molar-refractivity contribution in [1.29, 1.82) is 5.26 Å². The molecule has 0 spiro atoms. The molecule has 1 saturated heterocycles. The number of hydrogen-bond donors (Lipinski definition) is 2. The van der Waals surface area contributed by atoms with E-state index in [1.54, 1.807) is 0 Å². The van der Waals surface area contributed by atoms with Crippen molar-refractivity contribution < 1.29 is 9.72 Å². The van der Waals surface area contributed by atoms with Crippen molar-refractivity contribution in [2.45, 2.75) is 6.42 Å². The standard InChI is InChI=1S/C12H12N4O3/c13-6-9-5-10(16(18)19)1-2-11(9)15-12(17)8-3-4-14-7-8/h1-2,5,8,14H,3-4,7H2,(H,15,17). The fourth-order valence-corrected chi connectivity index (χ4v) is 1.96. The molecule has 1 aromatic rings. The molecule has 0 aliphatic carbocycles. The Balaban J connectivity index is 2.18. The molecule has 1 atom stereocenters. The summed E-state index contributed by atoms with van der Waals surface area (Å²) in [4.78, 5) is 21.9. The first-order valence-electron chi connectivity index (χ1n) is 5.82. The summed E-state index contributed by atoms with van der Waals surface area (Å²) in [5, 5.41) is 25.3. The highest BCUT2D eigenvalue weighted by Gasteiger charge is 2.23. The van der Waals surface area contributed by atoms with Crippen molar-refractivity contribution in [1.82, 2.24) is 5.32 Å². The number of rotatable bonds is 3. The lowest BCUT2D eigenvalue weighted by molar-refractivity contribution is -0.384. The lowest BCUT2D eigenvalue weighted by Gasteiger charge is -2.10. The molecule has 0 bridgehead atoms. The topological polar surface area (TPSA) is 108 Å². The third-order valence-electron chi connectivity index (χ3n) is 3.02. The van der Waals surface area contributed by atoms with Crippen LogP contribution in [0.2, 0.25) is 0 Å². The minimum Gasteiger partial charge on any atom is -0.325 e. The van der Waals surface area contributed by atoms with Crippen LogP contribution in [0.5, 0.6) is 0 Å². The van der Waals surface area contributed by atoms with Gasteiger partial charge in [-0.1, -0.05) is 0 Å². The number of nitrogens with one attached hydrogen (secondary N) is 2. The number of anilines is 1. The molecular weight excluding hydrogens is 248 g/mol. The summed E-state index contributed by atoms with van der Waals surface area (Å²) in [5.41, 5.74) is 0.232. The van der Waals surface area contributed by atoms with Gasteiger partial charge in [0.1, 0.15) is 6.07 Å². The van der Waals surface area contributed by atoms with Gasteiger partial charge in [0.2, 0.25) is 5.91 Å². The van der Waals surface area contributed by atoms with Crippen LogP contribution in [0.4, 0.5) is 11.4 Å². The number of benzene rings is 1. The van der Waals surface area contributed by atoms with Gasteiger partial charge in [-0.25, -0.2) is 0 Å². The Labute approximate surface area is 109 Å². The van der Waals surface area contributed by atoms with Crippen LogP contribution < -0.4 is 10.6 Å². The Kier molecular flexibility index (Phi) is 3.73. The lowest BCUT2D eigenvalue weighted by Crippen LogP contribution is -2.25. The molecule has 1 fully saturated rings. The number of carbonyl (C=O) groups excluding carboxylic acids is 1. The molecule has 1 amide bonds. The second-order valence-corrected chi connectivity index (χ2v) is 4.28. The highest BCUT2D eigenvalue weighted by Crippen LogP contribution is 2.22. The van der Waals surface area contributed by atoms with Crippen LogP contribution in [0.3, 0.4) is 0 Å². The van der Waals surface area contributed by atoms with Crippen molar-refractivity contribution in [2.24, 2.45) is 5.92 Å². The first-order chi connectivity index (χ1) is 9.11. The third kappa shape index (κ3) is 2.86. The van der Waals surface area contributed by atoms with E-state index in [0.717, 1.165) is 19.0 Å². The molecule has 0 radical (unpaired) electrons. The molecule has 0 aromatic heterocycles. The molecule has 98 valence electrons. The maximum Gasteiger partial charge on any atom is 0.270 e. The van der Waals surface area contributed by atoms with Crippen LogP contribution in [0.25, 0.3) is 0 Å². The number of non-ortho nitro benzene ring substituents is 1. The van der Waals surface area contributed by atoms with Crippen LogP contribution >= 0.6 is 0 Å². The summed E-state index contributed by atoms with van der Waals surface area (Å²) >= 11 is 0. The molecule has 2 N–H and O–H groups in total. The highest BCUT2D eigenvalue weighted by atomic mass is 16.6. The Morgan fingerprint density at radius 3 is 2.95 bits per heavy atom. The molecule has 19 heavy (non-hydrogen) atoms. The summed E-state index contributed by atoms with van der Waals surface area (Å²) < 4.78 is 0. The minimum atomic E-state index is -0.576. The van der Waals surface area contributed by atoms with E-state index < -0.39 is 4.92 Å². The van der Waals surface area contributed by atoms with Crippen LogP contribution in [-0.4, -0.2) is 23.9 Å². The van der Waals surface area contributed by atoms with Crippen LogP contribution in [-0.2, 0) is 4.79 Å². The van der Waals surface area contributed by atoms with Gasteiger partial charge in [-0.3, -0.25) is 14.9 Å². The number of nitrogens with zero attached hydrogens (tertiary/aromatic N) is 2. The summed E-state index contributed by atoms with van der Waals surface area (Å²) in [6, 6.07) is 5.66. The van der Waals surface area contributed by atoms with E-state index in [2.05, 4.69) is 10.6 Å². The molecule has 1 aliphatic rings. The molecule has 1 aromatic carbocycles. The number of nitriles is 1. The average molecular weight is 260 g/mol. The molecule has 1 unspecified atom stereocenters. The van der Waals surface area contributed by atoms with E-state index in [4.69, 9.17) is 5.26 Å². The molecular formula is C12H12N4O3. The predicted octanol–water partition coefficient (Wildman–Crippen LogP) is 1.01. The van der Waals surface area contributed by atoms with E-state index in [9.17, 15) is 14.9 Å². The predicted molar refractivity (Wildman–Crippen MR) is 67.4 cm³/mol. The van der Waals surface area contributed by atoms with Gasteiger partial charge in [0, 0.05) is 18.7 Å². The normalized spacial score (nSPS) is 17.7.